The molecule has 8 nitrogen and oxygen atoms in total. The van der Waals surface area contributed by atoms with Crippen LogP contribution in [0.25, 0.3) is 12.2 Å². The van der Waals surface area contributed by atoms with Crippen molar-refractivity contribution in [1.82, 2.24) is 0 Å². The van der Waals surface area contributed by atoms with Crippen LogP contribution < -0.4 is 0 Å². The Morgan fingerprint density at radius 3 is 0.974 bits per heavy atom. The van der Waals surface area contributed by atoms with Gasteiger partial charge in [0, 0.05) is 39.6 Å². The normalized spacial score (nSPS) is 12.9. The maximum absolute atomic E-state index is 5.87. The van der Waals surface area contributed by atoms with Crippen molar-refractivity contribution in [1.29, 1.82) is 0 Å². The first kappa shape index (κ1) is 31.9. The number of nitrogens with zero attached hydrogens (tertiary/aromatic N) is 2. The average Bonchev–Trinajstić information content (AvgIpc) is 2.92. The Hall–Kier alpha value is -2.29. The van der Waals surface area contributed by atoms with Gasteiger partial charge in [0.1, 0.15) is 0 Å². The Kier molecular flexibility index (Phi) is 14.6. The zero-order chi connectivity index (χ0) is 27.7. The van der Waals surface area contributed by atoms with Gasteiger partial charge in [-0.05, 0) is 88.3 Å². The van der Waals surface area contributed by atoms with Gasteiger partial charge in [-0.1, -0.05) is 36.4 Å². The fourth-order valence-corrected chi connectivity index (χ4v) is 7.85. The number of hydrogen-bond acceptors (Lipinski definition) is 8. The molecule has 0 heterocycles. The molecule has 0 spiro atoms. The van der Waals surface area contributed by atoms with Crippen molar-refractivity contribution in [3.05, 3.63) is 71.1 Å². The van der Waals surface area contributed by atoms with E-state index in [0.29, 0.717) is 39.6 Å². The predicted octanol–water partition coefficient (Wildman–Crippen LogP) is 7.30. The standard InChI is InChI=1S/C28H42N2O6Si2/c1-7-31-37(32-8-2,33-9-3)23-21-25-13-17-27(18-14-25)29-30-28-19-15-26(16-20-28)22-24-38(34-10-4,35-11-5)36-12-6/h13-24H,7-12H2,1-6H3/b23-21+,24-22+,30-29?. The Morgan fingerprint density at radius 2 is 0.737 bits per heavy atom. The van der Waals surface area contributed by atoms with Gasteiger partial charge in [-0.3, -0.25) is 0 Å². The first-order chi connectivity index (χ1) is 18.5. The van der Waals surface area contributed by atoms with Crippen LogP contribution in [0.15, 0.2) is 70.2 Å². The number of rotatable bonds is 18. The van der Waals surface area contributed by atoms with Crippen LogP contribution in [0.5, 0.6) is 0 Å². The fourth-order valence-electron chi connectivity index (χ4n) is 3.56. The van der Waals surface area contributed by atoms with Crippen molar-refractivity contribution in [2.75, 3.05) is 39.6 Å². The summed E-state index contributed by atoms with van der Waals surface area (Å²) < 4.78 is 35.2. The van der Waals surface area contributed by atoms with Crippen LogP contribution in [0.3, 0.4) is 0 Å². The summed E-state index contributed by atoms with van der Waals surface area (Å²) in [7, 11) is -5.66. The zero-order valence-electron chi connectivity index (χ0n) is 23.5. The molecule has 0 amide bonds. The number of hydrogen-bond donors (Lipinski definition) is 0. The maximum Gasteiger partial charge on any atom is 0.529 e. The van der Waals surface area contributed by atoms with E-state index in [0.717, 1.165) is 22.5 Å². The van der Waals surface area contributed by atoms with Gasteiger partial charge in [-0.15, -0.1) is 0 Å². The van der Waals surface area contributed by atoms with E-state index in [1.807, 2.05) is 114 Å². The fraction of sp³-hybridized carbons (Fsp3) is 0.429. The van der Waals surface area contributed by atoms with Crippen molar-refractivity contribution >= 4 is 41.1 Å². The molecular weight excluding hydrogens is 516 g/mol. The molecule has 0 aliphatic carbocycles. The zero-order valence-corrected chi connectivity index (χ0v) is 25.5. The van der Waals surface area contributed by atoms with E-state index < -0.39 is 17.6 Å². The lowest BCUT2D eigenvalue weighted by atomic mass is 10.2. The highest BCUT2D eigenvalue weighted by Gasteiger charge is 2.38. The number of benzene rings is 2. The molecule has 208 valence electrons. The lowest BCUT2D eigenvalue weighted by Crippen LogP contribution is -2.44. The van der Waals surface area contributed by atoms with Gasteiger partial charge in [0.15, 0.2) is 0 Å². The largest absolute Gasteiger partial charge is 0.529 e. The molecule has 0 radical (unpaired) electrons. The van der Waals surface area contributed by atoms with E-state index in [4.69, 9.17) is 26.6 Å². The Balaban J connectivity index is 2.07. The third-order valence-corrected chi connectivity index (χ3v) is 10.4. The van der Waals surface area contributed by atoms with Crippen LogP contribution in [-0.2, 0) is 26.6 Å². The van der Waals surface area contributed by atoms with Crippen LogP contribution >= 0.6 is 0 Å². The first-order valence-corrected chi connectivity index (χ1v) is 16.9. The van der Waals surface area contributed by atoms with E-state index in [9.17, 15) is 0 Å². The van der Waals surface area contributed by atoms with Crippen molar-refractivity contribution in [3.8, 4) is 0 Å². The number of azo groups is 1. The molecule has 0 fully saturated rings. The predicted molar refractivity (Wildman–Crippen MR) is 156 cm³/mol. The molecule has 0 aliphatic rings. The smallest absolute Gasteiger partial charge is 0.371 e. The minimum atomic E-state index is -2.83. The minimum absolute atomic E-state index is 0.531. The van der Waals surface area contributed by atoms with Crippen LogP contribution in [0.1, 0.15) is 52.7 Å². The van der Waals surface area contributed by atoms with Gasteiger partial charge in [0.25, 0.3) is 0 Å². The summed E-state index contributed by atoms with van der Waals surface area (Å²) >= 11 is 0. The lowest BCUT2D eigenvalue weighted by molar-refractivity contribution is 0.0837. The van der Waals surface area contributed by atoms with Gasteiger partial charge in [-0.2, -0.15) is 10.2 Å². The van der Waals surface area contributed by atoms with Crippen molar-refractivity contribution in [3.63, 3.8) is 0 Å². The van der Waals surface area contributed by atoms with Crippen LogP contribution in [0, 0.1) is 0 Å². The third kappa shape index (κ3) is 10.5. The minimum Gasteiger partial charge on any atom is -0.371 e. The van der Waals surface area contributed by atoms with Crippen LogP contribution in [0.4, 0.5) is 11.4 Å². The second-order valence-electron chi connectivity index (χ2n) is 7.85. The molecule has 0 bridgehead atoms. The summed E-state index contributed by atoms with van der Waals surface area (Å²) in [5, 5.41) is 8.73. The highest BCUT2D eigenvalue weighted by molar-refractivity contribution is 6.67. The van der Waals surface area contributed by atoms with E-state index in [2.05, 4.69) is 10.2 Å². The SMILES string of the molecule is CCO[Si](/C=C/c1ccc(N=Nc2ccc(/C=C/[Si](OCC)(OCC)OCC)cc2)cc1)(OCC)OCC. The van der Waals surface area contributed by atoms with Crippen molar-refractivity contribution < 1.29 is 26.6 Å². The van der Waals surface area contributed by atoms with Crippen LogP contribution in [-0.4, -0.2) is 57.3 Å². The molecule has 0 atom stereocenters. The molecule has 2 aromatic carbocycles. The van der Waals surface area contributed by atoms with Crippen molar-refractivity contribution in [2.24, 2.45) is 10.2 Å². The summed E-state index contributed by atoms with van der Waals surface area (Å²) in [6.07, 6.45) is 3.95. The van der Waals surface area contributed by atoms with Gasteiger partial charge >= 0.3 is 17.6 Å². The summed E-state index contributed by atoms with van der Waals surface area (Å²) in [5.41, 5.74) is 7.38. The third-order valence-electron chi connectivity index (χ3n) is 5.10. The topological polar surface area (TPSA) is 80.1 Å². The molecule has 0 aromatic heterocycles. The molecule has 10 heteroatoms. The molecule has 0 unspecified atom stereocenters. The second-order valence-corrected chi connectivity index (χ2v) is 12.7. The molecule has 38 heavy (non-hydrogen) atoms. The van der Waals surface area contributed by atoms with Crippen molar-refractivity contribution in [2.45, 2.75) is 41.5 Å². The maximum atomic E-state index is 5.87. The summed E-state index contributed by atoms with van der Waals surface area (Å²) in [4.78, 5) is 0. The van der Waals surface area contributed by atoms with E-state index in [1.54, 1.807) is 0 Å². The lowest BCUT2D eigenvalue weighted by Gasteiger charge is -2.25. The van der Waals surface area contributed by atoms with E-state index >= 15 is 0 Å². The highest BCUT2D eigenvalue weighted by atomic mass is 28.4. The Labute approximate surface area is 230 Å². The van der Waals surface area contributed by atoms with Gasteiger partial charge in [0.05, 0.1) is 11.4 Å². The van der Waals surface area contributed by atoms with Gasteiger partial charge < -0.3 is 26.6 Å². The summed E-state index contributed by atoms with van der Waals surface area (Å²) in [6.45, 7) is 14.8. The van der Waals surface area contributed by atoms with E-state index in [1.165, 1.54) is 0 Å². The molecule has 2 rings (SSSR count). The molecule has 0 aliphatic heterocycles. The Morgan fingerprint density at radius 1 is 0.474 bits per heavy atom. The quantitative estimate of drug-likeness (QED) is 0.141. The first-order valence-electron chi connectivity index (χ1n) is 13.3. The summed E-state index contributed by atoms with van der Waals surface area (Å²) in [6, 6.07) is 15.6. The average molecular weight is 559 g/mol. The molecule has 0 saturated carbocycles. The van der Waals surface area contributed by atoms with Crippen LogP contribution in [0.2, 0.25) is 0 Å². The highest BCUT2D eigenvalue weighted by Crippen LogP contribution is 2.22. The second kappa shape index (κ2) is 17.3. The molecular formula is C28H42N2O6Si2. The molecule has 2 aromatic rings. The summed E-state index contributed by atoms with van der Waals surface area (Å²) in [5.74, 6) is 0. The van der Waals surface area contributed by atoms with E-state index in [-0.39, 0.29) is 0 Å². The molecule has 0 N–H and O–H groups in total. The molecule has 0 saturated heterocycles. The monoisotopic (exact) mass is 558 g/mol. The van der Waals surface area contributed by atoms with Gasteiger partial charge in [-0.25, -0.2) is 0 Å². The van der Waals surface area contributed by atoms with Gasteiger partial charge in [0.2, 0.25) is 0 Å². The Bertz CT molecular complexity index is 897.